The topological polar surface area (TPSA) is 234 Å². The third kappa shape index (κ3) is 5.74. The van der Waals surface area contributed by atoms with Crippen molar-refractivity contribution in [3.8, 4) is 28.7 Å². The Bertz CT molecular complexity index is 1380. The molecule has 2 saturated heterocycles. The summed E-state index contributed by atoms with van der Waals surface area (Å²) in [6.45, 7) is 0.763. The number of aliphatic hydroxyl groups excluding tert-OH is 6. The van der Waals surface area contributed by atoms with Crippen LogP contribution in [0.5, 0.6) is 28.7 Å². The van der Waals surface area contributed by atoms with Gasteiger partial charge in [-0.3, -0.25) is 4.79 Å². The summed E-state index contributed by atoms with van der Waals surface area (Å²) in [7, 11) is 1.30. The minimum absolute atomic E-state index is 0.00625. The third-order valence-corrected chi connectivity index (χ3v) is 7.42. The summed E-state index contributed by atoms with van der Waals surface area (Å²) < 4.78 is 33.7. The number of carbonyl (C=O) groups is 1. The normalized spacial score (nSPS) is 35.0. The highest BCUT2D eigenvalue weighted by atomic mass is 16.7. The van der Waals surface area contributed by atoms with E-state index < -0.39 is 73.8 Å². The molecule has 0 bridgehead atoms. The van der Waals surface area contributed by atoms with E-state index in [-0.39, 0.29) is 40.1 Å². The molecule has 0 amide bonds. The molecule has 2 aromatic rings. The number of fused-ring (bicyclic) bond motifs is 1. The Labute approximate surface area is 244 Å². The van der Waals surface area contributed by atoms with E-state index in [1.54, 1.807) is 0 Å². The van der Waals surface area contributed by atoms with E-state index >= 15 is 0 Å². The molecular formula is C28H32O15. The van der Waals surface area contributed by atoms with Gasteiger partial charge in [0.25, 0.3) is 0 Å². The number of hydrogen-bond donors (Lipinski definition) is 8. The van der Waals surface area contributed by atoms with Gasteiger partial charge in [0.1, 0.15) is 42.7 Å². The number of ketones is 1. The van der Waals surface area contributed by atoms with E-state index in [9.17, 15) is 45.6 Å². The quantitative estimate of drug-likeness (QED) is 0.136. The SMILES string of the molecule is COc1c(OC2OC(C)C(O)C(OC3OC(CO)C(O)C(O)C3O)C2O)ccc2c1OC(=Cc1ccc(O)c(O)c1)C2=O. The van der Waals surface area contributed by atoms with Crippen molar-refractivity contribution in [2.45, 2.75) is 68.3 Å². The number of Topliss-reactive ketones (excluding diaryl/α,β-unsaturated/α-hetero) is 1. The minimum Gasteiger partial charge on any atom is -0.504 e. The van der Waals surface area contributed by atoms with Gasteiger partial charge in [0.15, 0.2) is 35.0 Å². The van der Waals surface area contributed by atoms with E-state index in [4.69, 9.17) is 28.4 Å². The molecule has 15 heteroatoms. The van der Waals surface area contributed by atoms with Crippen LogP contribution in [0.3, 0.4) is 0 Å². The van der Waals surface area contributed by atoms with Gasteiger partial charge in [-0.25, -0.2) is 0 Å². The van der Waals surface area contributed by atoms with Gasteiger partial charge in [0.2, 0.25) is 17.8 Å². The minimum atomic E-state index is -1.78. The number of allylic oxidation sites excluding steroid dienone is 1. The van der Waals surface area contributed by atoms with Gasteiger partial charge >= 0.3 is 0 Å². The Hall–Kier alpha value is -3.51. The molecule has 10 unspecified atom stereocenters. The molecule has 0 spiro atoms. The van der Waals surface area contributed by atoms with Crippen LogP contribution in [0.4, 0.5) is 0 Å². The molecule has 0 radical (unpaired) electrons. The highest BCUT2D eigenvalue weighted by Gasteiger charge is 2.50. The Morgan fingerprint density at radius 2 is 1.63 bits per heavy atom. The molecule has 0 aromatic heterocycles. The number of ether oxygens (including phenoxy) is 6. The van der Waals surface area contributed by atoms with Crippen LogP contribution in [0.15, 0.2) is 36.1 Å². The number of hydrogen-bond acceptors (Lipinski definition) is 15. The van der Waals surface area contributed by atoms with Crippen LogP contribution in [0.2, 0.25) is 0 Å². The van der Waals surface area contributed by atoms with Crippen molar-refractivity contribution < 1.29 is 74.1 Å². The first-order valence-electron chi connectivity index (χ1n) is 13.3. The zero-order chi connectivity index (χ0) is 31.2. The lowest BCUT2D eigenvalue weighted by Gasteiger charge is -2.45. The zero-order valence-corrected chi connectivity index (χ0v) is 22.9. The van der Waals surface area contributed by atoms with E-state index in [1.807, 2.05) is 0 Å². The Morgan fingerprint density at radius 1 is 0.884 bits per heavy atom. The Morgan fingerprint density at radius 3 is 2.30 bits per heavy atom. The number of benzene rings is 2. The van der Waals surface area contributed by atoms with Gasteiger partial charge < -0.3 is 69.3 Å². The summed E-state index contributed by atoms with van der Waals surface area (Å²) in [5.41, 5.74) is 0.509. The number of methoxy groups -OCH3 is 1. The van der Waals surface area contributed by atoms with Crippen molar-refractivity contribution in [2.75, 3.05) is 13.7 Å². The molecule has 3 heterocycles. The van der Waals surface area contributed by atoms with Crippen molar-refractivity contribution in [1.29, 1.82) is 0 Å². The first-order valence-corrected chi connectivity index (χ1v) is 13.3. The molecule has 234 valence electrons. The summed E-state index contributed by atoms with van der Waals surface area (Å²) in [6.07, 6.45) is -13.9. The smallest absolute Gasteiger partial charge is 0.232 e. The van der Waals surface area contributed by atoms with Crippen LogP contribution in [0, 0.1) is 0 Å². The maximum Gasteiger partial charge on any atom is 0.232 e. The average Bonchev–Trinajstić information content (AvgIpc) is 3.30. The Kier molecular flexibility index (Phi) is 8.80. The van der Waals surface area contributed by atoms with Gasteiger partial charge in [0, 0.05) is 0 Å². The van der Waals surface area contributed by atoms with Crippen molar-refractivity contribution in [1.82, 2.24) is 0 Å². The van der Waals surface area contributed by atoms with Gasteiger partial charge in [-0.05, 0) is 42.8 Å². The molecule has 0 saturated carbocycles. The van der Waals surface area contributed by atoms with Gasteiger partial charge in [-0.1, -0.05) is 6.07 Å². The lowest BCUT2D eigenvalue weighted by atomic mass is 9.97. The second kappa shape index (κ2) is 12.2. The van der Waals surface area contributed by atoms with Crippen LogP contribution in [-0.2, 0) is 14.2 Å². The van der Waals surface area contributed by atoms with E-state index in [1.165, 1.54) is 50.4 Å². The average molecular weight is 609 g/mol. The maximum atomic E-state index is 13.0. The van der Waals surface area contributed by atoms with Crippen molar-refractivity contribution in [3.63, 3.8) is 0 Å². The van der Waals surface area contributed by atoms with Gasteiger partial charge in [0.05, 0.1) is 25.4 Å². The monoisotopic (exact) mass is 608 g/mol. The number of phenols is 2. The largest absolute Gasteiger partial charge is 0.504 e. The third-order valence-electron chi connectivity index (χ3n) is 7.42. The Balaban J connectivity index is 1.36. The second-order valence-corrected chi connectivity index (χ2v) is 10.3. The summed E-state index contributed by atoms with van der Waals surface area (Å²) in [5, 5.41) is 81.0. The molecule has 15 nitrogen and oxygen atoms in total. The predicted molar refractivity (Wildman–Crippen MR) is 141 cm³/mol. The fourth-order valence-corrected chi connectivity index (χ4v) is 4.99. The van der Waals surface area contributed by atoms with Crippen LogP contribution in [0.25, 0.3) is 6.08 Å². The van der Waals surface area contributed by atoms with E-state index in [2.05, 4.69) is 0 Å². The fraction of sp³-hybridized carbons (Fsp3) is 0.464. The van der Waals surface area contributed by atoms with Crippen LogP contribution < -0.4 is 14.2 Å². The molecule has 0 aliphatic carbocycles. The number of aliphatic hydroxyl groups is 6. The zero-order valence-electron chi connectivity index (χ0n) is 22.9. The molecule has 8 N–H and O–H groups in total. The van der Waals surface area contributed by atoms with Crippen LogP contribution in [0.1, 0.15) is 22.8 Å². The number of phenolic OH excluding ortho intramolecular Hbond substituents is 2. The van der Waals surface area contributed by atoms with E-state index in [0.29, 0.717) is 5.56 Å². The highest BCUT2D eigenvalue weighted by Crippen LogP contribution is 2.46. The molecule has 5 rings (SSSR count). The first-order chi connectivity index (χ1) is 20.4. The predicted octanol–water partition coefficient (Wildman–Crippen LogP) is -1.25. The van der Waals surface area contributed by atoms with Crippen molar-refractivity contribution >= 4 is 11.9 Å². The number of rotatable bonds is 7. The summed E-state index contributed by atoms with van der Waals surface area (Å²) in [5.74, 6) is -1.35. The van der Waals surface area contributed by atoms with Gasteiger partial charge in [-0.2, -0.15) is 0 Å². The van der Waals surface area contributed by atoms with Crippen molar-refractivity contribution in [2.24, 2.45) is 0 Å². The van der Waals surface area contributed by atoms with E-state index in [0.717, 1.165) is 0 Å². The first kappa shape index (κ1) is 30.9. The summed E-state index contributed by atoms with van der Waals surface area (Å²) in [4.78, 5) is 13.0. The highest BCUT2D eigenvalue weighted by molar-refractivity contribution is 6.15. The van der Waals surface area contributed by atoms with Crippen LogP contribution >= 0.6 is 0 Å². The lowest BCUT2D eigenvalue weighted by molar-refractivity contribution is -0.350. The second-order valence-electron chi connectivity index (χ2n) is 10.3. The molecule has 3 aliphatic rings. The molecule has 43 heavy (non-hydrogen) atoms. The maximum absolute atomic E-state index is 13.0. The van der Waals surface area contributed by atoms with Crippen molar-refractivity contribution in [3.05, 3.63) is 47.2 Å². The summed E-state index contributed by atoms with van der Waals surface area (Å²) >= 11 is 0. The van der Waals surface area contributed by atoms with Crippen LogP contribution in [-0.4, -0.2) is 122 Å². The molecule has 3 aliphatic heterocycles. The van der Waals surface area contributed by atoms with Gasteiger partial charge in [-0.15, -0.1) is 0 Å². The molecule has 10 atom stereocenters. The summed E-state index contributed by atoms with van der Waals surface area (Å²) in [6, 6.07) is 6.75. The number of aromatic hydroxyl groups is 2. The number of carbonyl (C=O) groups excluding carboxylic acids is 1. The standard InChI is InChI=1S/C28H32O15/c1-10-18(32)26(43-27-22(36)21(35)20(34)17(9-29)42-27)23(37)28(39-10)41-15-6-4-12-19(33)16(40-24(12)25(15)38-2)8-11-3-5-13(30)14(31)7-11/h3-8,10,17-18,20-23,26-32,34-37H,9H2,1-2H3. The molecule has 2 fully saturated rings. The lowest BCUT2D eigenvalue weighted by Crippen LogP contribution is -2.64. The fourth-order valence-electron chi connectivity index (χ4n) is 4.99. The molecule has 2 aromatic carbocycles. The molecular weight excluding hydrogens is 576 g/mol.